The second kappa shape index (κ2) is 7.29. The molecule has 1 amide bonds. The first kappa shape index (κ1) is 16.2. The van der Waals surface area contributed by atoms with E-state index in [4.69, 9.17) is 11.6 Å². The zero-order chi connectivity index (χ0) is 16.9. The summed E-state index contributed by atoms with van der Waals surface area (Å²) in [6, 6.07) is 16.0. The maximum absolute atomic E-state index is 12.4. The molecule has 24 heavy (non-hydrogen) atoms. The van der Waals surface area contributed by atoms with Gasteiger partial charge in [-0.05, 0) is 17.7 Å². The lowest BCUT2D eigenvalue weighted by Crippen LogP contribution is -2.31. The first-order chi connectivity index (χ1) is 11.7. The minimum absolute atomic E-state index is 0.215. The Morgan fingerprint density at radius 3 is 2.54 bits per heavy atom. The Morgan fingerprint density at radius 1 is 1.17 bits per heavy atom. The average Bonchev–Trinajstić information content (AvgIpc) is 3.11. The molecular formula is C18H16ClN3O2. The lowest BCUT2D eigenvalue weighted by molar-refractivity contribution is 0.0911. The molecule has 1 aromatic heterocycles. The first-order valence-corrected chi connectivity index (χ1v) is 7.83. The third kappa shape index (κ3) is 3.64. The van der Waals surface area contributed by atoms with Crippen LogP contribution in [0.1, 0.15) is 22.1 Å². The number of rotatable bonds is 5. The maximum Gasteiger partial charge on any atom is 0.269 e. The monoisotopic (exact) mass is 341 g/mol. The van der Waals surface area contributed by atoms with E-state index in [0.29, 0.717) is 16.5 Å². The summed E-state index contributed by atoms with van der Waals surface area (Å²) < 4.78 is 0. The molecule has 0 saturated heterocycles. The fourth-order valence-electron chi connectivity index (χ4n) is 2.34. The Balaban J connectivity index is 1.74. The highest BCUT2D eigenvalue weighted by Crippen LogP contribution is 2.18. The molecule has 0 aliphatic rings. The summed E-state index contributed by atoms with van der Waals surface area (Å²) in [4.78, 5) is 19.6. The molecule has 1 atom stereocenters. The third-order valence-electron chi connectivity index (χ3n) is 3.63. The molecule has 0 saturated carbocycles. The Hall–Kier alpha value is -2.63. The van der Waals surface area contributed by atoms with Gasteiger partial charge in [-0.1, -0.05) is 54.1 Å². The summed E-state index contributed by atoms with van der Waals surface area (Å²) in [6.45, 7) is -0.215. The van der Waals surface area contributed by atoms with Crippen LogP contribution in [-0.2, 0) is 0 Å². The molecular weight excluding hydrogens is 326 g/mol. The highest BCUT2D eigenvalue weighted by molar-refractivity contribution is 6.30. The first-order valence-electron chi connectivity index (χ1n) is 7.45. The van der Waals surface area contributed by atoms with Gasteiger partial charge in [0.25, 0.3) is 5.91 Å². The average molecular weight is 342 g/mol. The topological polar surface area (TPSA) is 78.0 Å². The fourth-order valence-corrected chi connectivity index (χ4v) is 2.47. The van der Waals surface area contributed by atoms with Crippen molar-refractivity contribution < 1.29 is 9.90 Å². The summed E-state index contributed by atoms with van der Waals surface area (Å²) in [5, 5.41) is 12.9. The predicted octanol–water partition coefficient (Wildman–Crippen LogP) is 3.19. The molecule has 6 heteroatoms. The van der Waals surface area contributed by atoms with Crippen LogP contribution in [0.4, 0.5) is 0 Å². The van der Waals surface area contributed by atoms with Crippen LogP contribution in [0.2, 0.25) is 5.02 Å². The molecule has 122 valence electrons. The van der Waals surface area contributed by atoms with Gasteiger partial charge in [0.15, 0.2) is 0 Å². The summed E-state index contributed by atoms with van der Waals surface area (Å²) in [5.41, 5.74) is 2.01. The molecule has 0 radical (unpaired) electrons. The zero-order valence-corrected chi connectivity index (χ0v) is 13.5. The standard InChI is InChI=1S/C18H16ClN3O2/c19-14-8-6-12(7-9-14)16(11-23)22-18(24)15-10-20-17(21-15)13-4-2-1-3-5-13/h1-10,16,23H,11H2,(H,20,21)(H,22,24). The molecule has 1 unspecified atom stereocenters. The summed E-state index contributed by atoms with van der Waals surface area (Å²) >= 11 is 5.86. The quantitative estimate of drug-likeness (QED) is 0.667. The van der Waals surface area contributed by atoms with Crippen LogP contribution < -0.4 is 5.32 Å². The van der Waals surface area contributed by atoms with Crippen molar-refractivity contribution in [2.24, 2.45) is 0 Å². The van der Waals surface area contributed by atoms with Crippen molar-refractivity contribution >= 4 is 17.5 Å². The lowest BCUT2D eigenvalue weighted by atomic mass is 10.1. The van der Waals surface area contributed by atoms with Crippen LogP contribution in [-0.4, -0.2) is 27.6 Å². The summed E-state index contributed by atoms with van der Waals surface area (Å²) in [5.74, 6) is 0.284. The number of halogens is 1. The van der Waals surface area contributed by atoms with Crippen LogP contribution in [0.15, 0.2) is 60.8 Å². The number of nitrogens with one attached hydrogen (secondary N) is 2. The smallest absolute Gasteiger partial charge is 0.269 e. The van der Waals surface area contributed by atoms with Gasteiger partial charge in [0.05, 0.1) is 18.8 Å². The van der Waals surface area contributed by atoms with Gasteiger partial charge in [-0.2, -0.15) is 0 Å². The number of benzene rings is 2. The minimum atomic E-state index is -0.516. The molecule has 0 bridgehead atoms. The molecule has 3 aromatic rings. The molecule has 2 aromatic carbocycles. The number of aromatic amines is 1. The number of nitrogens with zero attached hydrogens (tertiary/aromatic N) is 1. The van der Waals surface area contributed by atoms with E-state index in [2.05, 4.69) is 15.3 Å². The van der Waals surface area contributed by atoms with E-state index in [-0.39, 0.29) is 12.5 Å². The van der Waals surface area contributed by atoms with Crippen LogP contribution >= 0.6 is 11.6 Å². The van der Waals surface area contributed by atoms with Crippen molar-refractivity contribution in [3.63, 3.8) is 0 Å². The van der Waals surface area contributed by atoms with Gasteiger partial charge in [-0.25, -0.2) is 4.98 Å². The van der Waals surface area contributed by atoms with E-state index >= 15 is 0 Å². The van der Waals surface area contributed by atoms with Crippen LogP contribution in [0.5, 0.6) is 0 Å². The van der Waals surface area contributed by atoms with E-state index in [0.717, 1.165) is 11.1 Å². The van der Waals surface area contributed by atoms with Gasteiger partial charge in [0.2, 0.25) is 0 Å². The number of hydrogen-bond acceptors (Lipinski definition) is 3. The highest BCUT2D eigenvalue weighted by atomic mass is 35.5. The number of aromatic nitrogens is 2. The van der Waals surface area contributed by atoms with E-state index in [1.165, 1.54) is 6.20 Å². The van der Waals surface area contributed by atoms with Gasteiger partial charge < -0.3 is 15.4 Å². The number of carbonyl (C=O) groups is 1. The van der Waals surface area contributed by atoms with Crippen molar-refractivity contribution in [3.05, 3.63) is 77.1 Å². The number of carbonyl (C=O) groups excluding carboxylic acids is 1. The maximum atomic E-state index is 12.4. The van der Waals surface area contributed by atoms with Crippen molar-refractivity contribution in [2.75, 3.05) is 6.61 Å². The molecule has 0 spiro atoms. The lowest BCUT2D eigenvalue weighted by Gasteiger charge is -2.16. The molecule has 1 heterocycles. The van der Waals surface area contributed by atoms with E-state index < -0.39 is 6.04 Å². The van der Waals surface area contributed by atoms with Crippen LogP contribution in [0.25, 0.3) is 11.4 Å². The largest absolute Gasteiger partial charge is 0.394 e. The fraction of sp³-hybridized carbons (Fsp3) is 0.111. The van der Waals surface area contributed by atoms with Gasteiger partial charge in [-0.3, -0.25) is 4.79 Å². The third-order valence-corrected chi connectivity index (χ3v) is 3.88. The normalized spacial score (nSPS) is 11.9. The van der Waals surface area contributed by atoms with Crippen molar-refractivity contribution in [1.82, 2.24) is 15.3 Å². The Labute approximate surface area is 144 Å². The van der Waals surface area contributed by atoms with Gasteiger partial charge in [0, 0.05) is 10.6 Å². The Bertz CT molecular complexity index is 816. The molecule has 0 aliphatic heterocycles. The number of H-pyrrole nitrogens is 1. The molecule has 0 aliphatic carbocycles. The Kier molecular flexibility index (Phi) is 4.93. The van der Waals surface area contributed by atoms with Crippen LogP contribution in [0.3, 0.4) is 0 Å². The van der Waals surface area contributed by atoms with Crippen molar-refractivity contribution in [3.8, 4) is 11.4 Å². The second-order valence-electron chi connectivity index (χ2n) is 5.27. The van der Waals surface area contributed by atoms with Crippen molar-refractivity contribution in [2.45, 2.75) is 6.04 Å². The van der Waals surface area contributed by atoms with E-state index in [9.17, 15) is 9.90 Å². The number of hydrogen-bond donors (Lipinski definition) is 3. The molecule has 3 N–H and O–H groups in total. The predicted molar refractivity (Wildman–Crippen MR) is 92.8 cm³/mol. The van der Waals surface area contributed by atoms with Crippen molar-refractivity contribution in [1.29, 1.82) is 0 Å². The second-order valence-corrected chi connectivity index (χ2v) is 5.71. The minimum Gasteiger partial charge on any atom is -0.394 e. The zero-order valence-electron chi connectivity index (χ0n) is 12.7. The van der Waals surface area contributed by atoms with Gasteiger partial charge >= 0.3 is 0 Å². The van der Waals surface area contributed by atoms with E-state index in [1.807, 2.05) is 30.3 Å². The summed E-state index contributed by atoms with van der Waals surface area (Å²) in [6.07, 6.45) is 1.48. The van der Waals surface area contributed by atoms with Crippen LogP contribution in [0, 0.1) is 0 Å². The molecule has 0 fully saturated rings. The number of amides is 1. The SMILES string of the molecule is O=C(NC(CO)c1ccc(Cl)cc1)c1cnc(-c2ccccc2)[nH]1. The van der Waals surface area contributed by atoms with Gasteiger partial charge in [0.1, 0.15) is 11.5 Å². The highest BCUT2D eigenvalue weighted by Gasteiger charge is 2.17. The van der Waals surface area contributed by atoms with Gasteiger partial charge in [-0.15, -0.1) is 0 Å². The Morgan fingerprint density at radius 2 is 1.88 bits per heavy atom. The number of imidazole rings is 1. The molecule has 5 nitrogen and oxygen atoms in total. The summed E-state index contributed by atoms with van der Waals surface area (Å²) in [7, 11) is 0. The number of aliphatic hydroxyl groups excluding tert-OH is 1. The van der Waals surface area contributed by atoms with E-state index in [1.54, 1.807) is 24.3 Å². The number of aliphatic hydroxyl groups is 1. The molecule has 3 rings (SSSR count).